The summed E-state index contributed by atoms with van der Waals surface area (Å²) in [5.41, 5.74) is 0. The highest BCUT2D eigenvalue weighted by atomic mass is 31.2. The van der Waals surface area contributed by atoms with E-state index in [0.29, 0.717) is 17.6 Å². The Morgan fingerprint density at radius 2 is 1.26 bits per heavy atom. The molecule has 162 valence electrons. The van der Waals surface area contributed by atoms with Crippen LogP contribution in [0.15, 0.2) is 12.2 Å². The summed E-state index contributed by atoms with van der Waals surface area (Å²) < 4.78 is 22.4. The Balaban J connectivity index is 3.34. The van der Waals surface area contributed by atoms with E-state index in [0.717, 1.165) is 19.3 Å². The second-order valence-electron chi connectivity index (χ2n) is 8.35. The van der Waals surface area contributed by atoms with Crippen LogP contribution in [-0.4, -0.2) is 50.3 Å². The third-order valence-electron chi connectivity index (χ3n) is 4.44. The van der Waals surface area contributed by atoms with Crippen LogP contribution in [0.2, 0.25) is 0 Å². The standard InChI is InChI=1S/C21H44NO4P/c1-5-6-7-8-9-10-11-12-13-14-15-16-17-18-20-25-27(23,24)26-21-19-22(2,3)4/h6-7H,5,8-21H2,1-4H3/p+1/b7-6-. The smallest absolute Gasteiger partial charge is 0.329 e. The number of quaternary nitrogens is 1. The summed E-state index contributed by atoms with van der Waals surface area (Å²) in [6.07, 6.45) is 19.2. The van der Waals surface area contributed by atoms with Gasteiger partial charge in [-0.2, -0.15) is 0 Å². The van der Waals surface area contributed by atoms with Gasteiger partial charge in [-0.25, -0.2) is 4.57 Å². The van der Waals surface area contributed by atoms with Gasteiger partial charge < -0.3 is 9.38 Å². The van der Waals surface area contributed by atoms with E-state index in [9.17, 15) is 9.46 Å². The Morgan fingerprint density at radius 1 is 0.778 bits per heavy atom. The van der Waals surface area contributed by atoms with E-state index in [2.05, 4.69) is 19.1 Å². The Morgan fingerprint density at radius 3 is 1.78 bits per heavy atom. The molecule has 0 aromatic rings. The Kier molecular flexibility index (Phi) is 16.6. The topological polar surface area (TPSA) is 55.8 Å². The highest BCUT2D eigenvalue weighted by molar-refractivity contribution is 7.47. The molecule has 6 heteroatoms. The fourth-order valence-electron chi connectivity index (χ4n) is 2.71. The van der Waals surface area contributed by atoms with Gasteiger partial charge in [-0.3, -0.25) is 9.05 Å². The number of allylic oxidation sites excluding steroid dienone is 2. The second kappa shape index (κ2) is 16.7. The number of phosphoric ester groups is 1. The van der Waals surface area contributed by atoms with Crippen molar-refractivity contribution < 1.29 is 23.0 Å². The first-order valence-corrected chi connectivity index (χ1v) is 12.3. The number of likely N-dealkylation sites (N-methyl/N-ethyl adjacent to an activating group) is 1. The first-order chi connectivity index (χ1) is 12.8. The van der Waals surface area contributed by atoms with Gasteiger partial charge in [-0.15, -0.1) is 0 Å². The van der Waals surface area contributed by atoms with Crippen LogP contribution in [0.1, 0.15) is 84.0 Å². The third-order valence-corrected chi connectivity index (χ3v) is 5.46. The number of hydrogen-bond acceptors (Lipinski definition) is 3. The molecule has 1 unspecified atom stereocenters. The quantitative estimate of drug-likeness (QED) is 0.122. The van der Waals surface area contributed by atoms with Gasteiger partial charge in [0.05, 0.1) is 27.7 Å². The average Bonchev–Trinajstić information content (AvgIpc) is 2.57. The van der Waals surface area contributed by atoms with Gasteiger partial charge in [0.2, 0.25) is 0 Å². The molecule has 27 heavy (non-hydrogen) atoms. The third kappa shape index (κ3) is 22.0. The summed E-state index contributed by atoms with van der Waals surface area (Å²) in [6, 6.07) is 0. The van der Waals surface area contributed by atoms with Crippen LogP contribution in [0.4, 0.5) is 0 Å². The molecule has 0 spiro atoms. The molecule has 0 bridgehead atoms. The molecule has 5 nitrogen and oxygen atoms in total. The predicted molar refractivity (Wildman–Crippen MR) is 115 cm³/mol. The number of rotatable bonds is 19. The van der Waals surface area contributed by atoms with Gasteiger partial charge in [0.25, 0.3) is 0 Å². The molecule has 0 aromatic carbocycles. The lowest BCUT2D eigenvalue weighted by Crippen LogP contribution is -2.37. The molecular weight excluding hydrogens is 361 g/mol. The molecule has 0 rings (SSSR count). The second-order valence-corrected chi connectivity index (χ2v) is 9.81. The molecule has 0 saturated heterocycles. The Hall–Kier alpha value is -0.190. The van der Waals surface area contributed by atoms with E-state index in [4.69, 9.17) is 9.05 Å². The summed E-state index contributed by atoms with van der Waals surface area (Å²) in [5.74, 6) is 0. The summed E-state index contributed by atoms with van der Waals surface area (Å²) in [7, 11) is 2.16. The highest BCUT2D eigenvalue weighted by Gasteiger charge is 2.21. The van der Waals surface area contributed by atoms with E-state index in [-0.39, 0.29) is 6.61 Å². The lowest BCUT2D eigenvalue weighted by molar-refractivity contribution is -0.870. The lowest BCUT2D eigenvalue weighted by atomic mass is 10.1. The summed E-state index contributed by atoms with van der Waals surface area (Å²) >= 11 is 0. The van der Waals surface area contributed by atoms with E-state index in [1.165, 1.54) is 57.8 Å². The number of unbranched alkanes of at least 4 members (excludes halogenated alkanes) is 10. The zero-order chi connectivity index (χ0) is 20.4. The van der Waals surface area contributed by atoms with Crippen molar-refractivity contribution in [2.24, 2.45) is 0 Å². The fraction of sp³-hybridized carbons (Fsp3) is 0.905. The lowest BCUT2D eigenvalue weighted by Gasteiger charge is -2.24. The van der Waals surface area contributed by atoms with Crippen molar-refractivity contribution in [3.63, 3.8) is 0 Å². The highest BCUT2D eigenvalue weighted by Crippen LogP contribution is 2.43. The molecule has 1 N–H and O–H groups in total. The maximum Gasteiger partial charge on any atom is 0.472 e. The summed E-state index contributed by atoms with van der Waals surface area (Å²) in [6.45, 7) is 3.37. The minimum absolute atomic E-state index is 0.229. The minimum atomic E-state index is -3.88. The van der Waals surface area contributed by atoms with Crippen molar-refractivity contribution in [1.29, 1.82) is 0 Å². The SMILES string of the molecule is CC/C=C\CCCCCCCCCCCCOP(=O)(O)OCC[N+](C)(C)C. The molecule has 0 aliphatic rings. The molecule has 1 atom stereocenters. The van der Waals surface area contributed by atoms with Crippen LogP contribution in [0.3, 0.4) is 0 Å². The molecule has 0 aromatic heterocycles. The van der Waals surface area contributed by atoms with Gasteiger partial charge in [0.1, 0.15) is 13.2 Å². The van der Waals surface area contributed by atoms with Crippen molar-refractivity contribution >= 4 is 7.82 Å². The largest absolute Gasteiger partial charge is 0.472 e. The van der Waals surface area contributed by atoms with E-state index in [1.807, 2.05) is 21.1 Å². The molecule has 0 aliphatic carbocycles. The summed E-state index contributed by atoms with van der Waals surface area (Å²) in [5, 5.41) is 0. The molecule has 0 radical (unpaired) electrons. The van der Waals surface area contributed by atoms with Crippen molar-refractivity contribution in [1.82, 2.24) is 0 Å². The number of phosphoric acid groups is 1. The van der Waals surface area contributed by atoms with Gasteiger partial charge in [-0.1, -0.05) is 70.4 Å². The van der Waals surface area contributed by atoms with Gasteiger partial charge in [0.15, 0.2) is 0 Å². The molecule has 0 aliphatic heterocycles. The van der Waals surface area contributed by atoms with Gasteiger partial charge >= 0.3 is 7.82 Å². The maximum atomic E-state index is 11.7. The Labute approximate surface area is 168 Å². The predicted octanol–water partition coefficient (Wildman–Crippen LogP) is 6.08. The van der Waals surface area contributed by atoms with Gasteiger partial charge in [-0.05, 0) is 25.7 Å². The first kappa shape index (κ1) is 26.8. The number of nitrogens with zero attached hydrogens (tertiary/aromatic N) is 1. The molecular formula is C21H45NO4P+. The normalized spacial score (nSPS) is 14.7. The van der Waals surface area contributed by atoms with Crippen molar-refractivity contribution in [3.05, 3.63) is 12.2 Å². The summed E-state index contributed by atoms with van der Waals surface area (Å²) in [4.78, 5) is 9.62. The zero-order valence-electron chi connectivity index (χ0n) is 18.3. The van der Waals surface area contributed by atoms with E-state index < -0.39 is 7.82 Å². The molecule has 0 fully saturated rings. The zero-order valence-corrected chi connectivity index (χ0v) is 19.2. The molecule has 0 amide bonds. The van der Waals surface area contributed by atoms with Crippen LogP contribution in [0.25, 0.3) is 0 Å². The van der Waals surface area contributed by atoms with Crippen LogP contribution in [0, 0.1) is 0 Å². The van der Waals surface area contributed by atoms with E-state index in [1.54, 1.807) is 0 Å². The van der Waals surface area contributed by atoms with Crippen molar-refractivity contribution in [3.8, 4) is 0 Å². The fourth-order valence-corrected chi connectivity index (χ4v) is 3.46. The van der Waals surface area contributed by atoms with E-state index >= 15 is 0 Å². The first-order valence-electron chi connectivity index (χ1n) is 10.8. The van der Waals surface area contributed by atoms with Crippen LogP contribution >= 0.6 is 7.82 Å². The van der Waals surface area contributed by atoms with Crippen LogP contribution < -0.4 is 0 Å². The monoisotopic (exact) mass is 406 g/mol. The van der Waals surface area contributed by atoms with Crippen molar-refractivity contribution in [2.75, 3.05) is 40.9 Å². The average molecular weight is 407 g/mol. The van der Waals surface area contributed by atoms with Crippen LogP contribution in [-0.2, 0) is 13.6 Å². The maximum absolute atomic E-state index is 11.7. The number of hydrogen-bond donors (Lipinski definition) is 1. The van der Waals surface area contributed by atoms with Gasteiger partial charge in [0, 0.05) is 0 Å². The molecule has 0 saturated carbocycles. The van der Waals surface area contributed by atoms with Crippen molar-refractivity contribution in [2.45, 2.75) is 84.0 Å². The molecule has 0 heterocycles. The minimum Gasteiger partial charge on any atom is -0.329 e. The Bertz CT molecular complexity index is 407. The van der Waals surface area contributed by atoms with Crippen LogP contribution in [0.5, 0.6) is 0 Å².